The molecular weight excluding hydrogens is 330 g/mol. The van der Waals surface area contributed by atoms with Crippen molar-refractivity contribution in [1.29, 1.82) is 0 Å². The highest BCUT2D eigenvalue weighted by Gasteiger charge is 2.28. The molecular formula is C15H19N5O3S. The fraction of sp³-hybridized carbons (Fsp3) is 0.467. The molecule has 0 unspecified atom stereocenters. The molecule has 0 saturated heterocycles. The van der Waals surface area contributed by atoms with E-state index in [0.717, 1.165) is 11.1 Å². The van der Waals surface area contributed by atoms with Crippen LogP contribution in [-0.4, -0.2) is 50.7 Å². The van der Waals surface area contributed by atoms with E-state index in [-0.39, 0.29) is 24.2 Å². The summed E-state index contributed by atoms with van der Waals surface area (Å²) in [6.07, 6.45) is 0.752. The van der Waals surface area contributed by atoms with E-state index in [0.29, 0.717) is 26.2 Å². The van der Waals surface area contributed by atoms with Crippen LogP contribution in [0.4, 0.5) is 0 Å². The van der Waals surface area contributed by atoms with Crippen LogP contribution in [0.2, 0.25) is 0 Å². The summed E-state index contributed by atoms with van der Waals surface area (Å²) in [5.41, 5.74) is -0.414. The summed E-state index contributed by atoms with van der Waals surface area (Å²) in [4.78, 5) is 39.3. The van der Waals surface area contributed by atoms with Gasteiger partial charge in [0.05, 0.1) is 0 Å². The van der Waals surface area contributed by atoms with E-state index in [4.69, 9.17) is 0 Å². The Balaban J connectivity index is 1.62. The molecule has 2 amide bonds. The first-order valence-electron chi connectivity index (χ1n) is 7.86. The van der Waals surface area contributed by atoms with Gasteiger partial charge in [-0.05, 0) is 24.8 Å². The zero-order valence-electron chi connectivity index (χ0n) is 13.4. The van der Waals surface area contributed by atoms with Gasteiger partial charge in [0.2, 0.25) is 11.7 Å². The Morgan fingerprint density at radius 2 is 2.21 bits per heavy atom. The normalized spacial score (nSPS) is 13.9. The molecule has 2 aromatic heterocycles. The molecule has 1 aliphatic heterocycles. The van der Waals surface area contributed by atoms with Crippen molar-refractivity contribution in [2.75, 3.05) is 19.6 Å². The molecule has 3 heterocycles. The van der Waals surface area contributed by atoms with E-state index < -0.39 is 5.69 Å². The number of fused-ring (bicyclic) bond motifs is 1. The number of amides is 2. The number of aromatic nitrogens is 3. The summed E-state index contributed by atoms with van der Waals surface area (Å²) < 4.78 is 2.40. The Morgan fingerprint density at radius 3 is 2.92 bits per heavy atom. The third kappa shape index (κ3) is 3.25. The van der Waals surface area contributed by atoms with Gasteiger partial charge in [0, 0.05) is 31.1 Å². The van der Waals surface area contributed by atoms with Gasteiger partial charge in [-0.1, -0.05) is 6.07 Å². The van der Waals surface area contributed by atoms with Crippen molar-refractivity contribution in [2.45, 2.75) is 26.4 Å². The number of hydrogen-bond acceptors (Lipinski definition) is 5. The Bertz CT molecular complexity index is 793. The van der Waals surface area contributed by atoms with Gasteiger partial charge in [-0.15, -0.1) is 16.4 Å². The number of hydrogen-bond donors (Lipinski definition) is 1. The topological polar surface area (TPSA) is 89.2 Å². The molecule has 0 fully saturated rings. The molecule has 0 aromatic carbocycles. The second-order valence-corrected chi connectivity index (χ2v) is 6.51. The molecule has 1 aliphatic rings. The minimum Gasteiger partial charge on any atom is -0.354 e. The van der Waals surface area contributed by atoms with Gasteiger partial charge in [-0.3, -0.25) is 14.2 Å². The number of likely N-dealkylation sites (N-methyl/N-ethyl adjacent to an activating group) is 1. The van der Waals surface area contributed by atoms with Crippen molar-refractivity contribution >= 4 is 23.2 Å². The second-order valence-electron chi connectivity index (χ2n) is 5.48. The Hall–Kier alpha value is -2.42. The molecule has 0 saturated carbocycles. The SMILES string of the molecule is CCN1CCn2c(nn(CC(=O)NCCc3cccs3)c2=O)C1=O. The number of nitrogens with one attached hydrogen (secondary N) is 1. The van der Waals surface area contributed by atoms with Crippen molar-refractivity contribution in [2.24, 2.45) is 0 Å². The van der Waals surface area contributed by atoms with Crippen molar-refractivity contribution in [3.8, 4) is 0 Å². The molecule has 1 N–H and O–H groups in total. The average molecular weight is 349 g/mol. The molecule has 0 spiro atoms. The van der Waals surface area contributed by atoms with Crippen LogP contribution in [0.1, 0.15) is 22.4 Å². The third-order valence-electron chi connectivity index (χ3n) is 3.94. The molecule has 3 rings (SSSR count). The minimum atomic E-state index is -0.414. The van der Waals surface area contributed by atoms with Crippen LogP contribution < -0.4 is 11.0 Å². The maximum absolute atomic E-state index is 12.3. The van der Waals surface area contributed by atoms with Gasteiger partial charge in [0.15, 0.2) is 0 Å². The van der Waals surface area contributed by atoms with Gasteiger partial charge in [-0.25, -0.2) is 9.48 Å². The van der Waals surface area contributed by atoms with Gasteiger partial charge in [-0.2, -0.15) is 0 Å². The summed E-state index contributed by atoms with van der Waals surface area (Å²) in [6, 6.07) is 3.98. The summed E-state index contributed by atoms with van der Waals surface area (Å²) in [6.45, 7) is 3.67. The molecule has 0 radical (unpaired) electrons. The molecule has 128 valence electrons. The van der Waals surface area contributed by atoms with E-state index in [1.54, 1.807) is 16.2 Å². The largest absolute Gasteiger partial charge is 0.354 e. The molecule has 8 nitrogen and oxygen atoms in total. The fourth-order valence-corrected chi connectivity index (χ4v) is 3.35. The third-order valence-corrected chi connectivity index (χ3v) is 4.88. The second kappa shape index (κ2) is 7.00. The van der Waals surface area contributed by atoms with Crippen LogP contribution >= 0.6 is 11.3 Å². The first-order valence-corrected chi connectivity index (χ1v) is 8.74. The van der Waals surface area contributed by atoms with E-state index in [1.165, 1.54) is 9.44 Å². The van der Waals surface area contributed by atoms with Gasteiger partial charge < -0.3 is 10.2 Å². The summed E-state index contributed by atoms with van der Waals surface area (Å²) >= 11 is 1.64. The highest BCUT2D eigenvalue weighted by molar-refractivity contribution is 7.09. The van der Waals surface area contributed by atoms with Crippen molar-refractivity contribution in [3.05, 3.63) is 38.7 Å². The molecule has 0 aliphatic carbocycles. The van der Waals surface area contributed by atoms with Crippen LogP contribution in [0.3, 0.4) is 0 Å². The van der Waals surface area contributed by atoms with Crippen LogP contribution in [0.15, 0.2) is 22.3 Å². The van der Waals surface area contributed by atoms with Gasteiger partial charge in [0.1, 0.15) is 6.54 Å². The molecule has 9 heteroatoms. The van der Waals surface area contributed by atoms with Gasteiger partial charge >= 0.3 is 5.69 Å². The highest BCUT2D eigenvalue weighted by atomic mass is 32.1. The number of rotatable bonds is 6. The highest BCUT2D eigenvalue weighted by Crippen LogP contribution is 2.08. The van der Waals surface area contributed by atoms with E-state index >= 15 is 0 Å². The lowest BCUT2D eigenvalue weighted by atomic mass is 10.3. The fourth-order valence-electron chi connectivity index (χ4n) is 2.64. The maximum atomic E-state index is 12.3. The molecule has 0 bridgehead atoms. The van der Waals surface area contributed by atoms with E-state index in [2.05, 4.69) is 10.4 Å². The smallest absolute Gasteiger partial charge is 0.346 e. The molecule has 0 atom stereocenters. The monoisotopic (exact) mass is 349 g/mol. The van der Waals surface area contributed by atoms with Crippen molar-refractivity contribution in [3.63, 3.8) is 0 Å². The maximum Gasteiger partial charge on any atom is 0.346 e. The van der Waals surface area contributed by atoms with Crippen LogP contribution in [0, 0.1) is 0 Å². The first kappa shape index (κ1) is 16.4. The Morgan fingerprint density at radius 1 is 1.38 bits per heavy atom. The lowest BCUT2D eigenvalue weighted by molar-refractivity contribution is -0.121. The quantitative estimate of drug-likeness (QED) is 0.791. The average Bonchev–Trinajstić information content (AvgIpc) is 3.18. The predicted octanol–water partition coefficient (Wildman–Crippen LogP) is -0.0591. The lowest BCUT2D eigenvalue weighted by Gasteiger charge is -2.24. The molecule has 24 heavy (non-hydrogen) atoms. The van der Waals surface area contributed by atoms with E-state index in [9.17, 15) is 14.4 Å². The zero-order chi connectivity index (χ0) is 17.1. The standard InChI is InChI=1S/C15H19N5O3S/c1-2-18-7-8-19-13(14(18)22)17-20(15(19)23)10-12(21)16-6-5-11-4-3-9-24-11/h3-4,9H,2,5-8,10H2,1H3,(H,16,21). The number of nitrogens with zero attached hydrogens (tertiary/aromatic N) is 4. The van der Waals surface area contributed by atoms with Gasteiger partial charge in [0.25, 0.3) is 5.91 Å². The summed E-state index contributed by atoms with van der Waals surface area (Å²) in [5, 5.41) is 8.81. The number of carbonyl (C=O) groups is 2. The minimum absolute atomic E-state index is 0.111. The van der Waals surface area contributed by atoms with Crippen molar-refractivity contribution < 1.29 is 9.59 Å². The molecule has 2 aromatic rings. The van der Waals surface area contributed by atoms with Crippen LogP contribution in [0.25, 0.3) is 0 Å². The lowest BCUT2D eigenvalue weighted by Crippen LogP contribution is -2.43. The van der Waals surface area contributed by atoms with Crippen LogP contribution in [-0.2, 0) is 24.3 Å². The Kier molecular flexibility index (Phi) is 4.79. The van der Waals surface area contributed by atoms with Crippen LogP contribution in [0.5, 0.6) is 0 Å². The Labute approximate surface area is 142 Å². The number of thiophene rings is 1. The first-order chi connectivity index (χ1) is 11.6. The summed E-state index contributed by atoms with van der Waals surface area (Å²) in [5.74, 6) is -0.443. The van der Waals surface area contributed by atoms with E-state index in [1.807, 2.05) is 24.4 Å². The predicted molar refractivity (Wildman–Crippen MR) is 89.1 cm³/mol. The zero-order valence-corrected chi connectivity index (χ0v) is 14.2. The summed E-state index contributed by atoms with van der Waals surface area (Å²) in [7, 11) is 0. The number of carbonyl (C=O) groups excluding carboxylic acids is 2. The van der Waals surface area contributed by atoms with Crippen molar-refractivity contribution in [1.82, 2.24) is 24.6 Å².